The number of Topliss-reactive ketones (excluding diaryl/α,β-unsaturated/α-hetero) is 1. The van der Waals surface area contributed by atoms with Gasteiger partial charge in [-0.2, -0.15) is 0 Å². The highest BCUT2D eigenvalue weighted by atomic mass is 16.5. The molecule has 7 heteroatoms. The topological polar surface area (TPSA) is 81.9 Å². The molecule has 0 atom stereocenters. The van der Waals surface area contributed by atoms with Gasteiger partial charge in [-0.15, -0.1) is 0 Å². The molecule has 0 aliphatic carbocycles. The molecule has 7 nitrogen and oxygen atoms in total. The lowest BCUT2D eigenvalue weighted by molar-refractivity contribution is -0.129. The summed E-state index contributed by atoms with van der Waals surface area (Å²) in [5.41, 5.74) is 1.88. The van der Waals surface area contributed by atoms with Crippen LogP contribution in [0.1, 0.15) is 41.2 Å². The minimum atomic E-state index is -0.144. The minimum absolute atomic E-state index is 0.0700. The van der Waals surface area contributed by atoms with Crippen LogP contribution in [0.2, 0.25) is 0 Å². The van der Waals surface area contributed by atoms with Crippen molar-refractivity contribution in [1.29, 1.82) is 0 Å². The third-order valence-corrected chi connectivity index (χ3v) is 4.12. The van der Waals surface area contributed by atoms with Crippen LogP contribution in [0.4, 0.5) is 0 Å². The molecule has 0 aliphatic heterocycles. The highest BCUT2D eigenvalue weighted by molar-refractivity contribution is 5.97. The molecule has 0 spiro atoms. The molecule has 0 aliphatic rings. The summed E-state index contributed by atoms with van der Waals surface area (Å²) in [6.07, 6.45) is 0.843. The van der Waals surface area contributed by atoms with Crippen molar-refractivity contribution in [2.24, 2.45) is 0 Å². The fourth-order valence-corrected chi connectivity index (χ4v) is 2.61. The van der Waals surface area contributed by atoms with Crippen LogP contribution >= 0.6 is 0 Å². The molecular formula is C19H24N2O5. The van der Waals surface area contributed by atoms with Crippen LogP contribution in [0.5, 0.6) is 11.5 Å². The van der Waals surface area contributed by atoms with Gasteiger partial charge in [0.15, 0.2) is 23.0 Å². The van der Waals surface area contributed by atoms with Gasteiger partial charge in [0.2, 0.25) is 5.91 Å². The van der Waals surface area contributed by atoms with Crippen LogP contribution in [0.25, 0.3) is 0 Å². The number of rotatable bonds is 8. The number of ketones is 1. The van der Waals surface area contributed by atoms with E-state index in [1.807, 2.05) is 13.0 Å². The number of aromatic nitrogens is 1. The molecule has 2 rings (SSSR count). The second-order valence-corrected chi connectivity index (χ2v) is 5.99. The maximum atomic E-state index is 12.6. The number of nitrogens with zero attached hydrogens (tertiary/aromatic N) is 2. The highest BCUT2D eigenvalue weighted by Gasteiger charge is 2.19. The Balaban J connectivity index is 2.19. The van der Waals surface area contributed by atoms with Gasteiger partial charge in [-0.05, 0) is 31.0 Å². The van der Waals surface area contributed by atoms with E-state index in [9.17, 15) is 9.59 Å². The first-order chi connectivity index (χ1) is 12.4. The average molecular weight is 360 g/mol. The van der Waals surface area contributed by atoms with E-state index >= 15 is 0 Å². The second-order valence-electron chi connectivity index (χ2n) is 5.99. The molecule has 0 saturated carbocycles. The maximum Gasteiger partial charge on any atom is 0.227 e. The van der Waals surface area contributed by atoms with Gasteiger partial charge in [-0.3, -0.25) is 9.59 Å². The fourth-order valence-electron chi connectivity index (χ4n) is 2.61. The van der Waals surface area contributed by atoms with E-state index in [4.69, 9.17) is 14.0 Å². The summed E-state index contributed by atoms with van der Waals surface area (Å²) in [4.78, 5) is 26.1. The summed E-state index contributed by atoms with van der Waals surface area (Å²) in [5, 5.41) is 3.92. The Labute approximate surface area is 152 Å². The molecule has 1 amide bonds. The zero-order chi connectivity index (χ0) is 19.3. The first-order valence-corrected chi connectivity index (χ1v) is 8.33. The van der Waals surface area contributed by atoms with Crippen molar-refractivity contribution in [2.75, 3.05) is 21.3 Å². The number of hydrogen-bond acceptors (Lipinski definition) is 6. The lowest BCUT2D eigenvalue weighted by Gasteiger charge is -2.18. The van der Waals surface area contributed by atoms with E-state index in [2.05, 4.69) is 5.16 Å². The van der Waals surface area contributed by atoms with Gasteiger partial charge >= 0.3 is 0 Å². The maximum absolute atomic E-state index is 12.6. The van der Waals surface area contributed by atoms with Crippen LogP contribution < -0.4 is 9.47 Å². The lowest BCUT2D eigenvalue weighted by Crippen LogP contribution is -2.28. The minimum Gasteiger partial charge on any atom is -0.493 e. The number of amides is 1. The standard InChI is InChI=1S/C19H24N2O5/c1-6-14-9-15(26-20-14)11-21(3)19(23)8-13-7-17(24-4)18(25-5)10-16(13)12(2)22/h7,9-10H,6,8,11H2,1-5H3. The van der Waals surface area contributed by atoms with Crippen molar-refractivity contribution < 1.29 is 23.6 Å². The molecule has 140 valence electrons. The number of hydrogen-bond donors (Lipinski definition) is 0. The van der Waals surface area contributed by atoms with E-state index in [-0.39, 0.29) is 18.1 Å². The van der Waals surface area contributed by atoms with Gasteiger partial charge in [0.05, 0.1) is 32.9 Å². The first kappa shape index (κ1) is 19.5. The molecule has 0 fully saturated rings. The van der Waals surface area contributed by atoms with Crippen molar-refractivity contribution >= 4 is 11.7 Å². The Hall–Kier alpha value is -2.83. The van der Waals surface area contributed by atoms with Crippen molar-refractivity contribution in [2.45, 2.75) is 33.2 Å². The third kappa shape index (κ3) is 4.41. The van der Waals surface area contributed by atoms with E-state index in [0.29, 0.717) is 34.9 Å². The molecule has 2 aromatic rings. The molecule has 26 heavy (non-hydrogen) atoms. The van der Waals surface area contributed by atoms with Gasteiger partial charge in [0.1, 0.15) is 0 Å². The SMILES string of the molecule is CCc1cc(CN(C)C(=O)Cc2cc(OC)c(OC)cc2C(C)=O)on1. The summed E-state index contributed by atoms with van der Waals surface area (Å²) in [5.74, 6) is 1.27. The number of ether oxygens (including phenoxy) is 2. The van der Waals surface area contributed by atoms with Crippen LogP contribution in [-0.2, 0) is 24.2 Å². The Morgan fingerprint density at radius 1 is 1.15 bits per heavy atom. The number of likely N-dealkylation sites (N-methyl/N-ethyl adjacent to an activating group) is 1. The van der Waals surface area contributed by atoms with E-state index in [1.54, 1.807) is 24.1 Å². The molecule has 0 bridgehead atoms. The Morgan fingerprint density at radius 3 is 2.35 bits per heavy atom. The van der Waals surface area contributed by atoms with Crippen LogP contribution in [0, 0.1) is 0 Å². The Bertz CT molecular complexity index is 797. The van der Waals surface area contributed by atoms with Crippen LogP contribution in [-0.4, -0.2) is 43.0 Å². The summed E-state index contributed by atoms with van der Waals surface area (Å²) < 4.78 is 15.7. The predicted molar refractivity (Wildman–Crippen MR) is 95.6 cm³/mol. The summed E-state index contributed by atoms with van der Waals surface area (Å²) in [6, 6.07) is 5.11. The number of carbonyl (C=O) groups is 2. The van der Waals surface area contributed by atoms with Crippen LogP contribution in [0.3, 0.4) is 0 Å². The molecule has 0 radical (unpaired) electrons. The van der Waals surface area contributed by atoms with Gasteiger partial charge in [-0.1, -0.05) is 12.1 Å². The Morgan fingerprint density at radius 2 is 1.81 bits per heavy atom. The fraction of sp³-hybridized carbons (Fsp3) is 0.421. The normalized spacial score (nSPS) is 10.5. The molecule has 1 heterocycles. The van der Waals surface area contributed by atoms with Crippen molar-refractivity contribution in [3.8, 4) is 11.5 Å². The molecule has 0 saturated heterocycles. The summed E-state index contributed by atoms with van der Waals surface area (Å²) in [6.45, 7) is 3.76. The van der Waals surface area contributed by atoms with Crippen LogP contribution in [0.15, 0.2) is 22.7 Å². The van der Waals surface area contributed by atoms with E-state index in [0.717, 1.165) is 12.1 Å². The van der Waals surface area contributed by atoms with Gasteiger partial charge in [0, 0.05) is 18.7 Å². The predicted octanol–water partition coefficient (Wildman–Crippen LogP) is 2.66. The largest absolute Gasteiger partial charge is 0.493 e. The molecule has 0 N–H and O–H groups in total. The monoisotopic (exact) mass is 360 g/mol. The number of methoxy groups -OCH3 is 2. The smallest absolute Gasteiger partial charge is 0.227 e. The third-order valence-electron chi connectivity index (χ3n) is 4.12. The zero-order valence-corrected chi connectivity index (χ0v) is 15.8. The van der Waals surface area contributed by atoms with Gasteiger partial charge in [0.25, 0.3) is 0 Å². The van der Waals surface area contributed by atoms with Gasteiger partial charge < -0.3 is 18.9 Å². The van der Waals surface area contributed by atoms with Crippen molar-refractivity contribution in [3.05, 3.63) is 40.8 Å². The van der Waals surface area contributed by atoms with Gasteiger partial charge in [-0.25, -0.2) is 0 Å². The van der Waals surface area contributed by atoms with Crippen molar-refractivity contribution in [1.82, 2.24) is 10.1 Å². The first-order valence-electron chi connectivity index (χ1n) is 8.33. The lowest BCUT2D eigenvalue weighted by atomic mass is 10.00. The second kappa shape index (κ2) is 8.51. The number of carbonyl (C=O) groups excluding carboxylic acids is 2. The highest BCUT2D eigenvalue weighted by Crippen LogP contribution is 2.31. The molecule has 0 unspecified atom stereocenters. The quantitative estimate of drug-likeness (QED) is 0.673. The Kier molecular flexibility index (Phi) is 6.38. The molecule has 1 aromatic carbocycles. The summed E-state index contributed by atoms with van der Waals surface area (Å²) >= 11 is 0. The van der Waals surface area contributed by atoms with E-state index < -0.39 is 0 Å². The zero-order valence-electron chi connectivity index (χ0n) is 15.8. The molecular weight excluding hydrogens is 336 g/mol. The summed E-state index contributed by atoms with van der Waals surface area (Å²) in [7, 11) is 4.70. The van der Waals surface area contributed by atoms with Crippen molar-refractivity contribution in [3.63, 3.8) is 0 Å². The number of aryl methyl sites for hydroxylation is 1. The number of benzene rings is 1. The van der Waals surface area contributed by atoms with E-state index in [1.165, 1.54) is 21.1 Å². The molecule has 1 aromatic heterocycles. The average Bonchev–Trinajstić information content (AvgIpc) is 3.08.